The Hall–Kier alpha value is -4.92. The van der Waals surface area contributed by atoms with E-state index in [1.807, 2.05) is 48.5 Å². The third-order valence-electron chi connectivity index (χ3n) is 9.31. The van der Waals surface area contributed by atoms with Gasteiger partial charge < -0.3 is 35.3 Å². The number of nitrogens with one attached hydrogen (secondary N) is 3. The Balaban J connectivity index is 1.24. The number of halogens is 4. The summed E-state index contributed by atoms with van der Waals surface area (Å²) >= 11 is 7.09. The Morgan fingerprint density at radius 1 is 0.925 bits per heavy atom. The topological polar surface area (TPSA) is 144 Å². The third kappa shape index (κ3) is 8.66. The van der Waals surface area contributed by atoms with E-state index in [-0.39, 0.29) is 42.9 Å². The average molecular weight is 754 g/mol. The smallest absolute Gasteiger partial charge is 0.421 e. The van der Waals surface area contributed by atoms with Gasteiger partial charge in [0.25, 0.3) is 0 Å². The molecule has 1 fully saturated rings. The summed E-state index contributed by atoms with van der Waals surface area (Å²) in [6.07, 6.45) is -3.42. The second-order valence-electron chi connectivity index (χ2n) is 12.8. The minimum absolute atomic E-state index is 0.0556. The van der Waals surface area contributed by atoms with Gasteiger partial charge in [0.2, 0.25) is 23.5 Å². The van der Waals surface area contributed by atoms with Crippen LogP contribution in [-0.4, -0.2) is 60.3 Å². The van der Waals surface area contributed by atoms with Gasteiger partial charge in [0.05, 0.1) is 31.4 Å². The van der Waals surface area contributed by atoms with Crippen LogP contribution in [0.3, 0.4) is 0 Å². The van der Waals surface area contributed by atoms with Gasteiger partial charge in [-0.05, 0) is 48.1 Å². The summed E-state index contributed by atoms with van der Waals surface area (Å²) in [6.45, 7) is 1.12. The zero-order valence-electron chi connectivity index (χ0n) is 29.1. The van der Waals surface area contributed by atoms with Crippen molar-refractivity contribution in [1.82, 2.24) is 25.9 Å². The van der Waals surface area contributed by atoms with Gasteiger partial charge in [-0.2, -0.15) is 18.2 Å². The lowest BCUT2D eigenvalue weighted by Crippen LogP contribution is -2.35. The Labute approximate surface area is 309 Å². The Morgan fingerprint density at radius 3 is 2.36 bits per heavy atom. The maximum atomic E-state index is 14.3. The molecule has 1 amide bonds. The summed E-state index contributed by atoms with van der Waals surface area (Å²) in [4.78, 5) is 31.2. The number of rotatable bonds is 15. The number of benzene rings is 2. The highest BCUT2D eigenvalue weighted by molar-refractivity contribution is 6.36. The number of methoxy groups -OCH3 is 2. The normalized spacial score (nSPS) is 16.7. The highest BCUT2D eigenvalue weighted by atomic mass is 35.5. The van der Waals surface area contributed by atoms with E-state index in [2.05, 4.69) is 20.9 Å². The molecule has 6 rings (SSSR count). The largest absolute Gasteiger partial charge is 0.481 e. The number of hydrogen-bond donors (Lipinski definition) is 4. The number of aromatic nitrogens is 2. The lowest BCUT2D eigenvalue weighted by Gasteiger charge is -2.21. The number of pyridine rings is 2. The zero-order chi connectivity index (χ0) is 37.7. The molecule has 0 unspecified atom stereocenters. The number of carboxylic acid groups (broad SMARTS) is 1. The van der Waals surface area contributed by atoms with Gasteiger partial charge in [-0.1, -0.05) is 54.1 Å². The van der Waals surface area contributed by atoms with Crippen molar-refractivity contribution in [3.8, 4) is 40.0 Å². The van der Waals surface area contributed by atoms with Crippen LogP contribution in [0.2, 0.25) is 5.02 Å². The molecule has 3 heterocycles. The van der Waals surface area contributed by atoms with E-state index in [1.165, 1.54) is 7.11 Å². The third-order valence-corrected chi connectivity index (χ3v) is 9.72. The summed E-state index contributed by atoms with van der Waals surface area (Å²) in [6, 6.07) is 16.0. The minimum Gasteiger partial charge on any atom is -0.481 e. The molecule has 2 aromatic carbocycles. The number of alkyl halides is 3. The monoisotopic (exact) mass is 753 g/mol. The van der Waals surface area contributed by atoms with Crippen molar-refractivity contribution < 1.29 is 42.1 Å². The molecule has 2 aliphatic rings. The van der Waals surface area contributed by atoms with Crippen LogP contribution in [0.5, 0.6) is 17.6 Å². The first-order valence-corrected chi connectivity index (χ1v) is 17.5. The van der Waals surface area contributed by atoms with Crippen molar-refractivity contribution >= 4 is 23.5 Å². The number of fused-ring (bicyclic) bond motifs is 1. The van der Waals surface area contributed by atoms with Crippen LogP contribution in [0.15, 0.2) is 54.6 Å². The predicted octanol–water partition coefficient (Wildman–Crippen LogP) is 6.50. The van der Waals surface area contributed by atoms with Gasteiger partial charge >= 0.3 is 12.1 Å². The van der Waals surface area contributed by atoms with Crippen molar-refractivity contribution in [3.05, 3.63) is 87.4 Å². The molecule has 280 valence electrons. The number of nitrogens with zero attached hydrogens (tertiary/aromatic N) is 2. The van der Waals surface area contributed by atoms with Crippen LogP contribution in [0.1, 0.15) is 59.6 Å². The summed E-state index contributed by atoms with van der Waals surface area (Å²) in [5.74, 6) is -1.18. The maximum absolute atomic E-state index is 14.3. The van der Waals surface area contributed by atoms with Gasteiger partial charge in [0, 0.05) is 60.9 Å². The first-order valence-electron chi connectivity index (χ1n) is 17.2. The van der Waals surface area contributed by atoms with E-state index in [0.29, 0.717) is 54.5 Å². The van der Waals surface area contributed by atoms with Crippen LogP contribution in [0.4, 0.5) is 13.2 Å². The molecule has 0 radical (unpaired) electrons. The molecule has 0 bridgehead atoms. The summed E-state index contributed by atoms with van der Waals surface area (Å²) < 4.78 is 59.9. The fraction of sp³-hybridized carbons (Fsp3) is 0.368. The maximum Gasteiger partial charge on any atom is 0.421 e. The molecule has 1 aliphatic carbocycles. The van der Waals surface area contributed by atoms with Crippen LogP contribution >= 0.6 is 11.6 Å². The standard InChI is InChI=1S/C38H39ClF3N5O6/c1-51-35-21(18-44-20-23-10-14-32(48)45-23)9-12-30(46-35)28-8-4-7-27(34(28)39)24-5-3-6-26-25(24)11-13-31(26)53-37-29(38(40,41)42)17-22(36(47-37)52-2)19-43-16-15-33(49)50/h3-9,12,17,23,31,43-44H,10-11,13-16,18-20H2,1-2H3,(H,45,48)(H,49,50)/t23-,31-/m0/s1. The number of hydrogen-bond acceptors (Lipinski definition) is 9. The van der Waals surface area contributed by atoms with E-state index < -0.39 is 29.7 Å². The Morgan fingerprint density at radius 2 is 1.64 bits per heavy atom. The molecule has 2 atom stereocenters. The second kappa shape index (κ2) is 16.4. The number of aliphatic carboxylic acids is 1. The molecular formula is C38H39ClF3N5O6. The highest BCUT2D eigenvalue weighted by Crippen LogP contribution is 2.46. The predicted molar refractivity (Wildman–Crippen MR) is 191 cm³/mol. The van der Waals surface area contributed by atoms with Crippen molar-refractivity contribution in [2.75, 3.05) is 27.3 Å². The van der Waals surface area contributed by atoms with Crippen molar-refractivity contribution in [1.29, 1.82) is 0 Å². The summed E-state index contributed by atoms with van der Waals surface area (Å²) in [5, 5.41) is 18.4. The molecular weight excluding hydrogens is 715 g/mol. The first-order chi connectivity index (χ1) is 25.5. The highest BCUT2D eigenvalue weighted by Gasteiger charge is 2.38. The lowest BCUT2D eigenvalue weighted by atomic mass is 9.94. The van der Waals surface area contributed by atoms with Gasteiger partial charge in [-0.25, -0.2) is 4.98 Å². The summed E-state index contributed by atoms with van der Waals surface area (Å²) in [5.41, 5.74) is 4.41. The van der Waals surface area contributed by atoms with Crippen molar-refractivity contribution in [2.24, 2.45) is 0 Å². The van der Waals surface area contributed by atoms with Crippen LogP contribution < -0.4 is 30.2 Å². The van der Waals surface area contributed by atoms with Crippen molar-refractivity contribution in [3.63, 3.8) is 0 Å². The lowest BCUT2D eigenvalue weighted by molar-refractivity contribution is -0.140. The molecule has 15 heteroatoms. The zero-order valence-corrected chi connectivity index (χ0v) is 29.9. The Kier molecular flexibility index (Phi) is 11.7. The Bertz CT molecular complexity index is 1990. The molecule has 4 N–H and O–H groups in total. The van der Waals surface area contributed by atoms with Crippen LogP contribution in [0, 0.1) is 0 Å². The fourth-order valence-electron chi connectivity index (χ4n) is 6.74. The van der Waals surface area contributed by atoms with E-state index >= 15 is 0 Å². The molecule has 0 spiro atoms. The van der Waals surface area contributed by atoms with E-state index in [0.717, 1.165) is 40.3 Å². The number of amides is 1. The van der Waals surface area contributed by atoms with Crippen molar-refractivity contribution in [2.45, 2.75) is 63.5 Å². The molecule has 11 nitrogen and oxygen atoms in total. The second-order valence-corrected chi connectivity index (χ2v) is 13.2. The van der Waals surface area contributed by atoms with Gasteiger partial charge in [0.1, 0.15) is 11.7 Å². The quantitative estimate of drug-likeness (QED) is 0.0994. The average Bonchev–Trinajstić information content (AvgIpc) is 3.75. The van der Waals surface area contributed by atoms with E-state index in [1.54, 1.807) is 7.11 Å². The molecule has 2 aromatic heterocycles. The molecule has 0 saturated carbocycles. The van der Waals surface area contributed by atoms with Gasteiger partial charge in [0.15, 0.2) is 0 Å². The molecule has 4 aromatic rings. The number of carbonyl (C=O) groups is 2. The van der Waals surface area contributed by atoms with E-state index in [4.69, 9.17) is 35.9 Å². The van der Waals surface area contributed by atoms with Crippen LogP contribution in [0.25, 0.3) is 22.4 Å². The van der Waals surface area contributed by atoms with Gasteiger partial charge in [-0.3, -0.25) is 9.59 Å². The number of carbonyl (C=O) groups excluding carboxylic acids is 1. The number of ether oxygens (including phenoxy) is 3. The van der Waals surface area contributed by atoms with E-state index in [9.17, 15) is 22.8 Å². The fourth-order valence-corrected chi connectivity index (χ4v) is 7.07. The van der Waals surface area contributed by atoms with Gasteiger partial charge in [-0.15, -0.1) is 0 Å². The summed E-state index contributed by atoms with van der Waals surface area (Å²) in [7, 11) is 2.85. The number of carboxylic acids is 1. The first kappa shape index (κ1) is 37.8. The SMILES string of the molecule is COc1nc(-c2cccc(-c3cccc4c3CC[C@@H]4Oc3nc(OC)c(CNCCC(=O)O)cc3C(F)(F)F)c2Cl)ccc1CNC[C@@H]1CCC(=O)N1. The minimum atomic E-state index is -4.78. The molecule has 53 heavy (non-hydrogen) atoms. The van der Waals surface area contributed by atoms with Crippen LogP contribution in [-0.2, 0) is 35.3 Å². The molecule has 1 saturated heterocycles. The molecule has 1 aliphatic heterocycles.